The van der Waals surface area contributed by atoms with Crippen molar-refractivity contribution in [2.24, 2.45) is 11.8 Å². The van der Waals surface area contributed by atoms with Crippen molar-refractivity contribution in [2.75, 3.05) is 0 Å². The molecule has 2 aliphatic carbocycles. The summed E-state index contributed by atoms with van der Waals surface area (Å²) in [7, 11) is 0. The topological polar surface area (TPSA) is 63.1 Å². The Bertz CT molecular complexity index is 2680. The Morgan fingerprint density at radius 3 is 1.65 bits per heavy atom. The summed E-state index contributed by atoms with van der Waals surface area (Å²) in [6.45, 7) is 14.6. The molecular formula is C58H68F2IrN2O2-2. The number of hydrogen-bond donors (Lipinski definition) is 1. The van der Waals surface area contributed by atoms with Crippen LogP contribution in [-0.2, 0) is 24.9 Å². The molecule has 0 spiro atoms. The van der Waals surface area contributed by atoms with Gasteiger partial charge in [-0.15, -0.1) is 69.8 Å². The number of benzene rings is 4. The van der Waals surface area contributed by atoms with Gasteiger partial charge in [0, 0.05) is 56.8 Å². The van der Waals surface area contributed by atoms with Crippen molar-refractivity contribution in [2.45, 2.75) is 150 Å². The van der Waals surface area contributed by atoms with Gasteiger partial charge in [0.2, 0.25) is 5.92 Å². The van der Waals surface area contributed by atoms with Crippen molar-refractivity contribution in [3.63, 3.8) is 0 Å². The number of halogens is 2. The number of pyridine rings is 2. The van der Waals surface area contributed by atoms with Gasteiger partial charge in [-0.2, -0.15) is 0 Å². The van der Waals surface area contributed by atoms with Crippen LogP contribution in [-0.4, -0.2) is 26.8 Å². The average molecular weight is 1060 g/mol. The van der Waals surface area contributed by atoms with E-state index in [-0.39, 0.29) is 49.8 Å². The second-order valence-electron chi connectivity index (χ2n) is 18.4. The Kier molecular flexibility index (Phi) is 17.1. The maximum absolute atomic E-state index is 12.9. The molecule has 1 unspecified atom stereocenters. The molecule has 1 N–H and O–H groups in total. The van der Waals surface area contributed by atoms with E-state index < -0.39 is 18.3 Å². The van der Waals surface area contributed by atoms with Gasteiger partial charge in [0.1, 0.15) is 0 Å². The van der Waals surface area contributed by atoms with Crippen LogP contribution in [0.4, 0.5) is 8.78 Å². The largest absolute Gasteiger partial charge is 0.512 e. The fourth-order valence-electron chi connectivity index (χ4n) is 9.66. The van der Waals surface area contributed by atoms with Crippen LogP contribution >= 0.6 is 0 Å². The van der Waals surface area contributed by atoms with E-state index in [0.717, 1.165) is 73.7 Å². The summed E-state index contributed by atoms with van der Waals surface area (Å²) in [5.41, 5.74) is 10.8. The third-order valence-electron chi connectivity index (χ3n) is 13.0. The standard InChI is InChI=1S/2C22H22N.C14H24F2O2.Ir/c2*1-15-11-16(2)13-20(12-15)22-21-8-7-18(17-5-3-4-6-17)14-19(21)9-10-23-22;1-5-10(6-2)12(17)8-13(18)11(7-3)9-14(4,15)16;/h2*7-12,14,17H,3-6H2,1-2H3;8,10-11,18H,5-7,9H2,1-4H3;/q2*-1;;/b;;13-8-;/i9D,10D;10D;;. The molecule has 347 valence electrons. The molecule has 0 bridgehead atoms. The second kappa shape index (κ2) is 23.7. The van der Waals surface area contributed by atoms with Crippen LogP contribution in [0.1, 0.15) is 154 Å². The molecule has 0 amide bonds. The van der Waals surface area contributed by atoms with E-state index in [1.807, 2.05) is 26.8 Å². The third kappa shape index (κ3) is 14.0. The zero-order chi connectivity index (χ0) is 48.6. The normalized spacial score (nSPS) is 15.7. The molecule has 0 saturated heterocycles. The minimum Gasteiger partial charge on any atom is -0.512 e. The number of aliphatic hydroxyl groups excluding tert-OH is 1. The number of fused-ring (bicyclic) bond motifs is 2. The monoisotopic (exact) mass is 1060 g/mol. The Labute approximate surface area is 405 Å². The van der Waals surface area contributed by atoms with Crippen molar-refractivity contribution in [3.05, 3.63) is 142 Å². The minimum atomic E-state index is -2.83. The SMILES string of the molecule is CCC(CC)C(=O)/C=C(\O)C(CC)CC(C)(F)F.[2H]c1cc2cc(C3CCCC3)ccc2c(-c2[c-]c(C)cc(C)c2)n1.[2H]c1nc(-c2[c-]c(C)cc(C)c2)c2ccc(C3CCCC3)cc2c1[2H].[Ir]. The number of aromatic nitrogens is 2. The van der Waals surface area contributed by atoms with E-state index in [0.29, 0.717) is 37.3 Å². The first-order valence-corrected chi connectivity index (χ1v) is 23.5. The molecule has 2 aliphatic rings. The summed E-state index contributed by atoms with van der Waals surface area (Å²) in [5, 5.41) is 13.8. The number of alkyl halides is 2. The first-order valence-electron chi connectivity index (χ1n) is 25.0. The van der Waals surface area contributed by atoms with Gasteiger partial charge in [-0.1, -0.05) is 111 Å². The predicted molar refractivity (Wildman–Crippen MR) is 262 cm³/mol. The molecule has 4 aromatic carbocycles. The molecular weight excluding hydrogens is 987 g/mol. The summed E-state index contributed by atoms with van der Waals surface area (Å²) >= 11 is 0. The molecule has 2 heterocycles. The molecule has 6 aromatic rings. The fraction of sp³-hybridized carbons (Fsp3) is 0.431. The van der Waals surface area contributed by atoms with Crippen LogP contribution < -0.4 is 0 Å². The van der Waals surface area contributed by atoms with E-state index in [4.69, 9.17) is 4.11 Å². The van der Waals surface area contributed by atoms with Gasteiger partial charge in [-0.05, 0) is 120 Å². The molecule has 8 rings (SSSR count). The Morgan fingerprint density at radius 1 is 0.723 bits per heavy atom. The van der Waals surface area contributed by atoms with Crippen molar-refractivity contribution in [3.8, 4) is 22.5 Å². The van der Waals surface area contributed by atoms with Crippen LogP contribution in [0.15, 0.2) is 97.0 Å². The minimum absolute atomic E-state index is 0. The van der Waals surface area contributed by atoms with Crippen LogP contribution in [0.25, 0.3) is 44.1 Å². The fourth-order valence-corrected chi connectivity index (χ4v) is 9.66. The molecule has 7 heteroatoms. The summed E-state index contributed by atoms with van der Waals surface area (Å²) < 4.78 is 50.5. The van der Waals surface area contributed by atoms with Crippen LogP contribution in [0.5, 0.6) is 0 Å². The Morgan fingerprint density at radius 2 is 1.18 bits per heavy atom. The number of allylic oxidation sites excluding steroid dienone is 2. The van der Waals surface area contributed by atoms with Crippen molar-refractivity contribution < 1.29 is 42.9 Å². The zero-order valence-electron chi connectivity index (χ0n) is 42.6. The summed E-state index contributed by atoms with van der Waals surface area (Å²) in [4.78, 5) is 20.7. The van der Waals surface area contributed by atoms with Gasteiger partial charge in [0.15, 0.2) is 5.78 Å². The number of aliphatic hydroxyl groups is 1. The van der Waals surface area contributed by atoms with E-state index in [2.05, 4.69) is 104 Å². The molecule has 65 heavy (non-hydrogen) atoms. The van der Waals surface area contributed by atoms with Gasteiger partial charge in [0.05, 0.1) is 9.87 Å². The Hall–Kier alpha value is -4.58. The molecule has 4 nitrogen and oxygen atoms in total. The maximum atomic E-state index is 12.9. The van der Waals surface area contributed by atoms with Crippen LogP contribution in [0.2, 0.25) is 0 Å². The Balaban J connectivity index is 0.000000193. The number of carbonyl (C=O) groups is 1. The molecule has 1 atom stereocenters. The number of carbonyl (C=O) groups excluding carboxylic acids is 1. The third-order valence-corrected chi connectivity index (χ3v) is 13.0. The van der Waals surface area contributed by atoms with E-state index >= 15 is 0 Å². The number of nitrogens with zero attached hydrogens (tertiary/aromatic N) is 2. The predicted octanol–water partition coefficient (Wildman–Crippen LogP) is 16.5. The molecule has 2 fully saturated rings. The summed E-state index contributed by atoms with van der Waals surface area (Å²) in [6, 6.07) is 30.4. The molecule has 1 radical (unpaired) electrons. The van der Waals surface area contributed by atoms with E-state index in [1.165, 1.54) is 68.1 Å². The van der Waals surface area contributed by atoms with E-state index in [9.17, 15) is 18.7 Å². The second-order valence-corrected chi connectivity index (χ2v) is 18.4. The molecule has 0 aliphatic heterocycles. The smallest absolute Gasteiger partial charge is 0.246 e. The maximum Gasteiger partial charge on any atom is 0.246 e. The summed E-state index contributed by atoms with van der Waals surface area (Å²) in [5.74, 6) is -2.71. The van der Waals surface area contributed by atoms with E-state index in [1.54, 1.807) is 6.92 Å². The van der Waals surface area contributed by atoms with Gasteiger partial charge in [0.25, 0.3) is 0 Å². The number of rotatable bonds is 12. The average Bonchev–Trinajstić information content (AvgIpc) is 4.03. The van der Waals surface area contributed by atoms with Gasteiger partial charge >= 0.3 is 0 Å². The number of hydrogen-bond acceptors (Lipinski definition) is 4. The molecule has 2 saturated carbocycles. The quantitative estimate of drug-likeness (QED) is 0.0754. The summed E-state index contributed by atoms with van der Waals surface area (Å²) in [6.07, 6.45) is 13.2. The van der Waals surface area contributed by atoms with Crippen molar-refractivity contribution >= 4 is 27.3 Å². The van der Waals surface area contributed by atoms with Crippen molar-refractivity contribution in [1.29, 1.82) is 0 Å². The van der Waals surface area contributed by atoms with Crippen LogP contribution in [0, 0.1) is 51.7 Å². The molecule has 2 aromatic heterocycles. The zero-order valence-corrected chi connectivity index (χ0v) is 42.0. The first kappa shape index (κ1) is 46.9. The number of aryl methyl sites for hydroxylation is 4. The number of ketones is 1. The van der Waals surface area contributed by atoms with Gasteiger partial charge in [-0.3, -0.25) is 4.79 Å². The van der Waals surface area contributed by atoms with Crippen molar-refractivity contribution in [1.82, 2.24) is 9.97 Å². The van der Waals surface area contributed by atoms with Crippen LogP contribution in [0.3, 0.4) is 0 Å². The van der Waals surface area contributed by atoms with Gasteiger partial charge < -0.3 is 15.1 Å². The first-order chi connectivity index (χ1) is 31.9. The van der Waals surface area contributed by atoms with Gasteiger partial charge in [-0.25, -0.2) is 8.78 Å².